The van der Waals surface area contributed by atoms with Crippen LogP contribution in [0.25, 0.3) is 0 Å². The molecule has 5 heteroatoms. The zero-order chi connectivity index (χ0) is 10.9. The first-order valence-electron chi connectivity index (χ1n) is 3.80. The highest BCUT2D eigenvalue weighted by atomic mass is 79.9. The molecule has 14 heavy (non-hydrogen) atoms. The Balaban J connectivity index is 3.19. The molecule has 0 amide bonds. The highest BCUT2D eigenvalue weighted by molar-refractivity contribution is 9.10. The summed E-state index contributed by atoms with van der Waals surface area (Å²) in [7, 11) is 0. The standard InChI is InChI=1S/C9H7BrF2O2/c1-4(9(13)14)5-2-6(10)8(12)7(11)3-5/h2-4H,1H3,(H,13,14). The largest absolute Gasteiger partial charge is 0.481 e. The molecule has 1 rings (SSSR count). The minimum atomic E-state index is -1.08. The maximum atomic E-state index is 12.9. The number of rotatable bonds is 2. The fourth-order valence-corrected chi connectivity index (χ4v) is 1.42. The van der Waals surface area contributed by atoms with Crippen LogP contribution >= 0.6 is 15.9 Å². The molecule has 0 saturated carbocycles. The summed E-state index contributed by atoms with van der Waals surface area (Å²) in [6.07, 6.45) is 0. The Kier molecular flexibility index (Phi) is 3.21. The van der Waals surface area contributed by atoms with Crippen molar-refractivity contribution in [3.05, 3.63) is 33.8 Å². The summed E-state index contributed by atoms with van der Waals surface area (Å²) < 4.78 is 25.6. The van der Waals surface area contributed by atoms with Crippen LogP contribution < -0.4 is 0 Å². The number of carboxylic acids is 1. The highest BCUT2D eigenvalue weighted by Crippen LogP contribution is 2.25. The third-order valence-electron chi connectivity index (χ3n) is 1.88. The van der Waals surface area contributed by atoms with Gasteiger partial charge < -0.3 is 5.11 Å². The monoisotopic (exact) mass is 264 g/mol. The van der Waals surface area contributed by atoms with Gasteiger partial charge in [-0.1, -0.05) is 0 Å². The second kappa shape index (κ2) is 4.04. The van der Waals surface area contributed by atoms with Crippen molar-refractivity contribution in [3.8, 4) is 0 Å². The van der Waals surface area contributed by atoms with Gasteiger partial charge in [0.15, 0.2) is 11.6 Å². The lowest BCUT2D eigenvalue weighted by Crippen LogP contribution is -2.08. The number of halogens is 3. The Morgan fingerprint density at radius 1 is 1.50 bits per heavy atom. The maximum Gasteiger partial charge on any atom is 0.310 e. The average Bonchev–Trinajstić information content (AvgIpc) is 2.12. The van der Waals surface area contributed by atoms with Crippen molar-refractivity contribution in [2.45, 2.75) is 12.8 Å². The molecule has 1 aromatic carbocycles. The molecule has 0 aliphatic heterocycles. The Morgan fingerprint density at radius 3 is 2.50 bits per heavy atom. The summed E-state index contributed by atoms with van der Waals surface area (Å²) >= 11 is 2.81. The maximum absolute atomic E-state index is 12.9. The molecule has 1 unspecified atom stereocenters. The molecule has 0 heterocycles. The molecule has 0 spiro atoms. The minimum absolute atomic E-state index is 0.0689. The van der Waals surface area contributed by atoms with Crippen LogP contribution in [0.1, 0.15) is 18.4 Å². The van der Waals surface area contributed by atoms with Gasteiger partial charge in [-0.15, -0.1) is 0 Å². The molecule has 1 aromatic rings. The molecule has 76 valence electrons. The molecule has 0 aromatic heterocycles. The summed E-state index contributed by atoms with van der Waals surface area (Å²) in [5.41, 5.74) is 0.225. The Labute approximate surface area is 87.7 Å². The van der Waals surface area contributed by atoms with Crippen molar-refractivity contribution < 1.29 is 18.7 Å². The minimum Gasteiger partial charge on any atom is -0.481 e. The van der Waals surface area contributed by atoms with E-state index in [0.717, 1.165) is 6.07 Å². The van der Waals surface area contributed by atoms with Crippen LogP contribution in [0.4, 0.5) is 8.78 Å². The average molecular weight is 265 g/mol. The number of aliphatic carboxylic acids is 1. The lowest BCUT2D eigenvalue weighted by Gasteiger charge is -2.07. The van der Waals surface area contributed by atoms with Crippen LogP contribution in [0.5, 0.6) is 0 Å². The van der Waals surface area contributed by atoms with Crippen LogP contribution in [0, 0.1) is 11.6 Å². The van der Waals surface area contributed by atoms with E-state index in [-0.39, 0.29) is 10.0 Å². The van der Waals surface area contributed by atoms with Gasteiger partial charge in [0.2, 0.25) is 0 Å². The summed E-state index contributed by atoms with van der Waals surface area (Å²) in [6, 6.07) is 2.15. The molecule has 0 fully saturated rings. The molecule has 1 atom stereocenters. The molecule has 1 N–H and O–H groups in total. The van der Waals surface area contributed by atoms with Gasteiger partial charge in [-0.3, -0.25) is 4.79 Å². The van der Waals surface area contributed by atoms with Crippen molar-refractivity contribution >= 4 is 21.9 Å². The smallest absolute Gasteiger partial charge is 0.310 e. The Hall–Kier alpha value is -0.970. The highest BCUT2D eigenvalue weighted by Gasteiger charge is 2.17. The fourth-order valence-electron chi connectivity index (χ4n) is 0.968. The van der Waals surface area contributed by atoms with Gasteiger partial charge in [-0.25, -0.2) is 8.78 Å². The lowest BCUT2D eigenvalue weighted by molar-refractivity contribution is -0.138. The van der Waals surface area contributed by atoms with Crippen LogP contribution in [-0.2, 0) is 4.79 Å². The van der Waals surface area contributed by atoms with Crippen LogP contribution in [0.2, 0.25) is 0 Å². The van der Waals surface area contributed by atoms with Crippen LogP contribution in [0.15, 0.2) is 16.6 Å². The predicted octanol–water partition coefficient (Wildman–Crippen LogP) is 2.92. The number of hydrogen-bond acceptors (Lipinski definition) is 1. The number of benzene rings is 1. The lowest BCUT2D eigenvalue weighted by atomic mass is 10.0. The van der Waals surface area contributed by atoms with Crippen molar-refractivity contribution in [2.24, 2.45) is 0 Å². The second-order valence-corrected chi connectivity index (χ2v) is 3.71. The van der Waals surface area contributed by atoms with E-state index in [0.29, 0.717) is 0 Å². The van der Waals surface area contributed by atoms with Gasteiger partial charge in [0.25, 0.3) is 0 Å². The van der Waals surface area contributed by atoms with Crippen LogP contribution in [0.3, 0.4) is 0 Å². The molecule has 0 radical (unpaired) electrons. The van der Waals surface area contributed by atoms with Crippen molar-refractivity contribution in [1.29, 1.82) is 0 Å². The topological polar surface area (TPSA) is 37.3 Å². The van der Waals surface area contributed by atoms with E-state index >= 15 is 0 Å². The van der Waals surface area contributed by atoms with E-state index in [1.165, 1.54) is 13.0 Å². The third kappa shape index (κ3) is 2.09. The summed E-state index contributed by atoms with van der Waals surface area (Å²) in [5, 5.41) is 8.66. The predicted molar refractivity (Wildman–Crippen MR) is 50.1 cm³/mol. The van der Waals surface area contributed by atoms with E-state index in [1.54, 1.807) is 0 Å². The van der Waals surface area contributed by atoms with Gasteiger partial charge in [0.05, 0.1) is 10.4 Å². The second-order valence-electron chi connectivity index (χ2n) is 2.86. The van der Waals surface area contributed by atoms with Crippen molar-refractivity contribution in [1.82, 2.24) is 0 Å². The van der Waals surface area contributed by atoms with Crippen LogP contribution in [-0.4, -0.2) is 11.1 Å². The Morgan fingerprint density at radius 2 is 2.07 bits per heavy atom. The number of carbonyl (C=O) groups is 1. The van der Waals surface area contributed by atoms with E-state index in [4.69, 9.17) is 5.11 Å². The molecule has 0 aliphatic rings. The SMILES string of the molecule is CC(C(=O)O)c1cc(F)c(F)c(Br)c1. The van der Waals surface area contributed by atoms with Gasteiger partial charge >= 0.3 is 5.97 Å². The summed E-state index contributed by atoms with van der Waals surface area (Å²) in [6.45, 7) is 1.40. The normalized spacial score (nSPS) is 12.6. The fraction of sp³-hybridized carbons (Fsp3) is 0.222. The summed E-state index contributed by atoms with van der Waals surface area (Å²) in [4.78, 5) is 10.6. The van der Waals surface area contributed by atoms with Crippen molar-refractivity contribution in [3.63, 3.8) is 0 Å². The quantitative estimate of drug-likeness (QED) is 0.835. The summed E-state index contributed by atoms with van der Waals surface area (Å²) in [5.74, 6) is -4.00. The van der Waals surface area contributed by atoms with E-state index in [2.05, 4.69) is 15.9 Å². The zero-order valence-electron chi connectivity index (χ0n) is 7.22. The molecule has 0 bridgehead atoms. The van der Waals surface area contributed by atoms with Gasteiger partial charge in [0, 0.05) is 0 Å². The van der Waals surface area contributed by atoms with Gasteiger partial charge in [0.1, 0.15) is 0 Å². The van der Waals surface area contributed by atoms with Gasteiger partial charge in [-0.2, -0.15) is 0 Å². The zero-order valence-corrected chi connectivity index (χ0v) is 8.81. The molecule has 2 nitrogen and oxygen atoms in total. The molecular formula is C9H7BrF2O2. The first kappa shape index (κ1) is 11.1. The molecular weight excluding hydrogens is 258 g/mol. The number of hydrogen-bond donors (Lipinski definition) is 1. The Bertz CT molecular complexity index is 356. The molecule has 0 aliphatic carbocycles. The van der Waals surface area contributed by atoms with E-state index < -0.39 is 23.5 Å². The first-order valence-corrected chi connectivity index (χ1v) is 4.60. The molecule has 0 saturated heterocycles. The van der Waals surface area contributed by atoms with E-state index in [1.807, 2.05) is 0 Å². The first-order chi connectivity index (χ1) is 6.43. The van der Waals surface area contributed by atoms with Gasteiger partial charge in [-0.05, 0) is 40.5 Å². The van der Waals surface area contributed by atoms with Crippen molar-refractivity contribution in [2.75, 3.05) is 0 Å². The number of carboxylic acid groups (broad SMARTS) is 1. The van der Waals surface area contributed by atoms with E-state index in [9.17, 15) is 13.6 Å². The third-order valence-corrected chi connectivity index (χ3v) is 2.45.